The van der Waals surface area contributed by atoms with Crippen molar-refractivity contribution in [3.8, 4) is 11.4 Å². The molecule has 1 aliphatic heterocycles. The van der Waals surface area contributed by atoms with E-state index in [-0.39, 0.29) is 6.42 Å². The molecule has 0 aromatic carbocycles. The summed E-state index contributed by atoms with van der Waals surface area (Å²) in [4.78, 5) is 4.14. The highest BCUT2D eigenvalue weighted by atomic mass is 19.4. The number of rotatable bonds is 8. The van der Waals surface area contributed by atoms with Crippen LogP contribution in [0, 0.1) is 0 Å². The topological polar surface area (TPSA) is 64.9 Å². The van der Waals surface area contributed by atoms with Crippen LogP contribution in [0.5, 0.6) is 5.75 Å². The van der Waals surface area contributed by atoms with Crippen molar-refractivity contribution in [3.05, 3.63) is 30.4 Å². The van der Waals surface area contributed by atoms with Gasteiger partial charge >= 0.3 is 6.18 Å². The number of unbranched alkanes of at least 4 members (excludes halogenated alkanes) is 1. The number of aryl methyl sites for hydroxylation is 1. The number of ether oxygens (including phenoxy) is 1. The number of pyridine rings is 1. The summed E-state index contributed by atoms with van der Waals surface area (Å²) in [6, 6.07) is 2.20. The Bertz CT molecular complexity index is 684. The Hall–Kier alpha value is -2.16. The molecule has 3 heterocycles. The fourth-order valence-corrected chi connectivity index (χ4v) is 2.47. The zero-order chi connectivity index (χ0) is 17.7. The fraction of sp³-hybridized carbons (Fsp3) is 0.562. The monoisotopic (exact) mass is 355 g/mol. The number of alkyl halides is 3. The van der Waals surface area contributed by atoms with Crippen LogP contribution in [0.1, 0.15) is 31.4 Å². The zero-order valence-corrected chi connectivity index (χ0v) is 13.7. The van der Waals surface area contributed by atoms with Crippen molar-refractivity contribution in [3.63, 3.8) is 0 Å². The van der Waals surface area contributed by atoms with E-state index in [1.807, 2.05) is 6.07 Å². The molecule has 0 amide bonds. The van der Waals surface area contributed by atoms with E-state index in [9.17, 15) is 13.2 Å². The maximum atomic E-state index is 12.1. The van der Waals surface area contributed by atoms with Crippen LogP contribution >= 0.6 is 0 Å². The Kier molecular flexibility index (Phi) is 5.52. The van der Waals surface area contributed by atoms with Gasteiger partial charge in [-0.2, -0.15) is 13.2 Å². The third-order valence-electron chi connectivity index (χ3n) is 4.02. The van der Waals surface area contributed by atoms with Crippen LogP contribution in [-0.2, 0) is 6.42 Å². The first-order valence-electron chi connectivity index (χ1n) is 8.29. The van der Waals surface area contributed by atoms with Crippen LogP contribution in [0.25, 0.3) is 5.69 Å². The summed E-state index contributed by atoms with van der Waals surface area (Å²) in [7, 11) is 0. The van der Waals surface area contributed by atoms with E-state index in [0.717, 1.165) is 13.0 Å². The molecule has 0 bridgehead atoms. The van der Waals surface area contributed by atoms with Gasteiger partial charge < -0.3 is 10.1 Å². The molecule has 9 heteroatoms. The van der Waals surface area contributed by atoms with E-state index < -0.39 is 12.6 Å². The average Bonchev–Trinajstić information content (AvgIpc) is 2.98. The number of nitrogens with one attached hydrogen (secondary N) is 1. The Morgan fingerprint density at radius 3 is 2.84 bits per heavy atom. The molecule has 0 saturated carbocycles. The van der Waals surface area contributed by atoms with Crippen LogP contribution in [-0.4, -0.2) is 45.3 Å². The third kappa shape index (κ3) is 5.42. The van der Waals surface area contributed by atoms with E-state index in [0.29, 0.717) is 42.6 Å². The van der Waals surface area contributed by atoms with Crippen molar-refractivity contribution >= 4 is 0 Å². The summed E-state index contributed by atoms with van der Waals surface area (Å²) in [5.41, 5.74) is 1.36. The highest BCUT2D eigenvalue weighted by molar-refractivity contribution is 5.34. The molecule has 1 aliphatic rings. The molecular weight excluding hydrogens is 335 g/mol. The SMILES string of the molecule is FC(F)(F)CCCCc1cn(-c2cncc(OCC3CCN3)c2)nn1. The maximum absolute atomic E-state index is 12.1. The molecule has 0 radical (unpaired) electrons. The Morgan fingerprint density at radius 1 is 1.28 bits per heavy atom. The summed E-state index contributed by atoms with van der Waals surface area (Å²) in [6.45, 7) is 1.62. The van der Waals surface area contributed by atoms with Gasteiger partial charge in [-0.05, 0) is 32.2 Å². The second-order valence-corrected chi connectivity index (χ2v) is 6.11. The highest BCUT2D eigenvalue weighted by Gasteiger charge is 2.25. The smallest absolute Gasteiger partial charge is 0.389 e. The van der Waals surface area contributed by atoms with Crippen LogP contribution in [0.15, 0.2) is 24.7 Å². The summed E-state index contributed by atoms with van der Waals surface area (Å²) in [5.74, 6) is 0.647. The maximum Gasteiger partial charge on any atom is 0.389 e. The molecule has 1 unspecified atom stereocenters. The predicted octanol–water partition coefficient (Wildman–Crippen LogP) is 2.68. The number of halogens is 3. The molecule has 1 atom stereocenters. The van der Waals surface area contributed by atoms with Crippen molar-refractivity contribution in [2.75, 3.05) is 13.2 Å². The lowest BCUT2D eigenvalue weighted by molar-refractivity contribution is -0.135. The van der Waals surface area contributed by atoms with Crippen LogP contribution < -0.4 is 10.1 Å². The van der Waals surface area contributed by atoms with Gasteiger partial charge in [0.25, 0.3) is 0 Å². The van der Waals surface area contributed by atoms with Crippen molar-refractivity contribution in [2.45, 2.75) is 44.3 Å². The quantitative estimate of drug-likeness (QED) is 0.738. The van der Waals surface area contributed by atoms with Gasteiger partial charge in [0.15, 0.2) is 0 Å². The predicted molar refractivity (Wildman–Crippen MR) is 84.7 cm³/mol. The van der Waals surface area contributed by atoms with Crippen LogP contribution in [0.3, 0.4) is 0 Å². The molecule has 1 N–H and O–H groups in total. The minimum atomic E-state index is -4.10. The highest BCUT2D eigenvalue weighted by Crippen LogP contribution is 2.23. The van der Waals surface area contributed by atoms with Crippen molar-refractivity contribution in [1.29, 1.82) is 0 Å². The number of hydrogen-bond donors (Lipinski definition) is 1. The van der Waals surface area contributed by atoms with Gasteiger partial charge in [0.05, 0.1) is 30.0 Å². The van der Waals surface area contributed by atoms with Gasteiger partial charge in [-0.1, -0.05) is 5.21 Å². The number of hydrogen-bond acceptors (Lipinski definition) is 5. The molecule has 2 aromatic heterocycles. The Balaban J connectivity index is 1.52. The van der Waals surface area contributed by atoms with Gasteiger partial charge in [0.1, 0.15) is 12.4 Å². The molecule has 6 nitrogen and oxygen atoms in total. The fourth-order valence-electron chi connectivity index (χ4n) is 2.47. The van der Waals surface area contributed by atoms with E-state index in [1.54, 1.807) is 23.3 Å². The summed E-state index contributed by atoms with van der Waals surface area (Å²) < 4.78 is 43.6. The lowest BCUT2D eigenvalue weighted by atomic mass is 10.1. The molecule has 25 heavy (non-hydrogen) atoms. The molecule has 136 valence electrons. The molecule has 1 saturated heterocycles. The third-order valence-corrected chi connectivity index (χ3v) is 4.02. The Labute approximate surface area is 143 Å². The van der Waals surface area contributed by atoms with E-state index in [4.69, 9.17) is 4.74 Å². The standard InChI is InChI=1S/C16H20F3N5O/c17-16(18,19)5-2-1-3-12-10-24(23-22-12)14-7-15(9-20-8-14)25-11-13-4-6-21-13/h7-10,13,21H,1-6,11H2. The van der Waals surface area contributed by atoms with Gasteiger partial charge in [-0.25, -0.2) is 4.68 Å². The van der Waals surface area contributed by atoms with E-state index in [1.165, 1.54) is 0 Å². The second kappa shape index (κ2) is 7.81. The normalized spacial score (nSPS) is 17.3. The van der Waals surface area contributed by atoms with Gasteiger partial charge in [0, 0.05) is 18.5 Å². The first-order chi connectivity index (χ1) is 12.0. The van der Waals surface area contributed by atoms with Crippen molar-refractivity contribution in [2.24, 2.45) is 0 Å². The molecule has 2 aromatic rings. The molecular formula is C16H20F3N5O. The summed E-state index contributed by atoms with van der Waals surface area (Å²) in [5, 5.41) is 11.3. The van der Waals surface area contributed by atoms with Gasteiger partial charge in [-0.15, -0.1) is 5.10 Å². The van der Waals surface area contributed by atoms with Crippen molar-refractivity contribution in [1.82, 2.24) is 25.3 Å². The molecule has 3 rings (SSSR count). The summed E-state index contributed by atoms with van der Waals surface area (Å²) in [6.07, 6.45) is 2.21. The zero-order valence-electron chi connectivity index (χ0n) is 13.7. The number of nitrogens with zero attached hydrogens (tertiary/aromatic N) is 4. The lowest BCUT2D eigenvalue weighted by Crippen LogP contribution is -2.46. The second-order valence-electron chi connectivity index (χ2n) is 6.11. The molecule has 0 aliphatic carbocycles. The largest absolute Gasteiger partial charge is 0.490 e. The summed E-state index contributed by atoms with van der Waals surface area (Å²) >= 11 is 0. The first-order valence-corrected chi connectivity index (χ1v) is 8.29. The number of aromatic nitrogens is 4. The lowest BCUT2D eigenvalue weighted by Gasteiger charge is -2.27. The van der Waals surface area contributed by atoms with E-state index in [2.05, 4.69) is 20.6 Å². The van der Waals surface area contributed by atoms with Crippen LogP contribution in [0.4, 0.5) is 13.2 Å². The van der Waals surface area contributed by atoms with E-state index >= 15 is 0 Å². The van der Waals surface area contributed by atoms with Gasteiger partial charge in [-0.3, -0.25) is 4.98 Å². The van der Waals surface area contributed by atoms with Crippen LogP contribution in [0.2, 0.25) is 0 Å². The minimum Gasteiger partial charge on any atom is -0.490 e. The Morgan fingerprint density at radius 2 is 2.12 bits per heavy atom. The first kappa shape index (κ1) is 17.7. The molecule has 1 fully saturated rings. The minimum absolute atomic E-state index is 0.0937. The average molecular weight is 355 g/mol. The van der Waals surface area contributed by atoms with Crippen molar-refractivity contribution < 1.29 is 17.9 Å². The van der Waals surface area contributed by atoms with Gasteiger partial charge in [0.2, 0.25) is 0 Å². The molecule has 0 spiro atoms.